The fourth-order valence-corrected chi connectivity index (χ4v) is 4.09. The van der Waals surface area contributed by atoms with Crippen LogP contribution >= 0.6 is 11.5 Å². The molecule has 3 aromatic rings. The molecule has 29 heavy (non-hydrogen) atoms. The number of rotatable bonds is 5. The van der Waals surface area contributed by atoms with Gasteiger partial charge < -0.3 is 10.2 Å². The molecule has 4 rings (SSSR count). The van der Waals surface area contributed by atoms with Gasteiger partial charge in [0.1, 0.15) is 17.5 Å². The Kier molecular flexibility index (Phi) is 5.80. The van der Waals surface area contributed by atoms with Gasteiger partial charge in [-0.3, -0.25) is 4.79 Å². The molecule has 1 aromatic heterocycles. The van der Waals surface area contributed by atoms with Crippen LogP contribution in [-0.4, -0.2) is 28.4 Å². The number of nitrogens with one attached hydrogen (secondary N) is 1. The Bertz CT molecular complexity index is 975. The maximum atomic E-state index is 13.0. The van der Waals surface area contributed by atoms with Crippen molar-refractivity contribution >= 4 is 28.3 Å². The molecule has 5 nitrogen and oxygen atoms in total. The van der Waals surface area contributed by atoms with Crippen LogP contribution in [0.2, 0.25) is 0 Å². The number of hydrogen-bond donors (Lipinski definition) is 1. The van der Waals surface area contributed by atoms with Crippen molar-refractivity contribution in [3.8, 4) is 0 Å². The highest BCUT2D eigenvalue weighted by molar-refractivity contribution is 7.09. The van der Waals surface area contributed by atoms with E-state index in [9.17, 15) is 13.6 Å². The zero-order valence-electron chi connectivity index (χ0n) is 15.6. The summed E-state index contributed by atoms with van der Waals surface area (Å²) in [6.07, 6.45) is 2.22. The van der Waals surface area contributed by atoms with Crippen molar-refractivity contribution in [2.75, 3.05) is 23.3 Å². The third kappa shape index (κ3) is 4.95. The second kappa shape index (κ2) is 8.65. The molecule has 1 amide bonds. The summed E-state index contributed by atoms with van der Waals surface area (Å²) >= 11 is 1.32. The van der Waals surface area contributed by atoms with Gasteiger partial charge in [-0.1, -0.05) is 12.1 Å². The minimum atomic E-state index is -0.334. The zero-order valence-corrected chi connectivity index (χ0v) is 16.5. The summed E-state index contributed by atoms with van der Waals surface area (Å²) in [6, 6.07) is 12.1. The van der Waals surface area contributed by atoms with Gasteiger partial charge in [-0.25, -0.2) is 13.8 Å². The van der Waals surface area contributed by atoms with Gasteiger partial charge in [0.05, 0.1) is 5.92 Å². The quantitative estimate of drug-likeness (QED) is 0.678. The fourth-order valence-electron chi connectivity index (χ4n) is 3.37. The van der Waals surface area contributed by atoms with Gasteiger partial charge in [0.15, 0.2) is 0 Å². The Morgan fingerprint density at radius 1 is 1.10 bits per heavy atom. The maximum Gasteiger partial charge on any atom is 0.229 e. The molecule has 0 saturated carbocycles. The summed E-state index contributed by atoms with van der Waals surface area (Å²) in [7, 11) is 0. The Labute approximate surface area is 171 Å². The van der Waals surface area contributed by atoms with E-state index in [-0.39, 0.29) is 23.5 Å². The highest BCUT2D eigenvalue weighted by Gasteiger charge is 2.27. The van der Waals surface area contributed by atoms with Gasteiger partial charge in [0.2, 0.25) is 11.0 Å². The van der Waals surface area contributed by atoms with Gasteiger partial charge in [-0.2, -0.15) is 4.37 Å². The van der Waals surface area contributed by atoms with Crippen LogP contribution in [0.25, 0.3) is 0 Å². The smallest absolute Gasteiger partial charge is 0.229 e. The van der Waals surface area contributed by atoms with Crippen LogP contribution in [0.3, 0.4) is 0 Å². The summed E-state index contributed by atoms with van der Waals surface area (Å²) in [5.74, 6) is -0.149. The van der Waals surface area contributed by atoms with Crippen molar-refractivity contribution in [3.05, 3.63) is 71.6 Å². The van der Waals surface area contributed by atoms with Crippen molar-refractivity contribution < 1.29 is 13.6 Å². The van der Waals surface area contributed by atoms with E-state index in [1.807, 2.05) is 0 Å². The monoisotopic (exact) mass is 414 g/mol. The Morgan fingerprint density at radius 3 is 2.52 bits per heavy atom. The molecule has 0 aliphatic carbocycles. The number of benzene rings is 2. The maximum absolute atomic E-state index is 13.0. The molecular weight excluding hydrogens is 394 g/mol. The number of carbonyl (C=O) groups is 1. The summed E-state index contributed by atoms with van der Waals surface area (Å²) < 4.78 is 30.5. The highest BCUT2D eigenvalue weighted by Crippen LogP contribution is 2.26. The Hall–Kier alpha value is -2.87. The predicted molar refractivity (Wildman–Crippen MR) is 109 cm³/mol. The molecule has 150 valence electrons. The fraction of sp³-hybridized carbons (Fsp3) is 0.286. The van der Waals surface area contributed by atoms with Crippen LogP contribution in [0.4, 0.5) is 19.6 Å². The van der Waals surface area contributed by atoms with Crippen LogP contribution in [0.5, 0.6) is 0 Å². The summed E-state index contributed by atoms with van der Waals surface area (Å²) in [6.45, 7) is 1.39. The van der Waals surface area contributed by atoms with Crippen molar-refractivity contribution in [2.24, 2.45) is 5.92 Å². The standard InChI is InChI=1S/C21H20F2N4OS/c22-16-5-3-14(4-6-16)12-19-25-21(29-26-19)27-11-1-2-15(13-27)20(28)24-18-9-7-17(23)8-10-18/h3-10,15H,1-2,11-13H2,(H,24,28)/t15-/m0/s1. The first-order valence-corrected chi connectivity index (χ1v) is 10.2. The topological polar surface area (TPSA) is 58.1 Å². The molecular formula is C21H20F2N4OS. The normalized spacial score (nSPS) is 16.6. The van der Waals surface area contributed by atoms with E-state index in [0.29, 0.717) is 24.5 Å². The van der Waals surface area contributed by atoms with Crippen molar-refractivity contribution in [2.45, 2.75) is 19.3 Å². The molecule has 1 fully saturated rings. The van der Waals surface area contributed by atoms with Gasteiger partial charge in [0.25, 0.3) is 0 Å². The Balaban J connectivity index is 1.38. The van der Waals surface area contributed by atoms with Crippen LogP contribution in [0.1, 0.15) is 24.2 Å². The van der Waals surface area contributed by atoms with E-state index >= 15 is 0 Å². The molecule has 1 N–H and O–H groups in total. The summed E-state index contributed by atoms with van der Waals surface area (Å²) in [4.78, 5) is 19.3. The highest BCUT2D eigenvalue weighted by atomic mass is 32.1. The summed E-state index contributed by atoms with van der Waals surface area (Å²) in [5, 5.41) is 3.65. The molecule has 0 bridgehead atoms. The number of piperidine rings is 1. The first kappa shape index (κ1) is 19.4. The molecule has 1 atom stereocenters. The molecule has 2 heterocycles. The van der Waals surface area contributed by atoms with Gasteiger partial charge in [-0.05, 0) is 54.8 Å². The molecule has 0 spiro atoms. The van der Waals surface area contributed by atoms with Crippen molar-refractivity contribution in [1.29, 1.82) is 0 Å². The largest absolute Gasteiger partial charge is 0.346 e. The second-order valence-corrected chi connectivity index (χ2v) is 7.81. The van der Waals surface area contributed by atoms with Crippen LogP contribution < -0.4 is 10.2 Å². The number of carbonyl (C=O) groups excluding carboxylic acids is 1. The molecule has 1 aliphatic heterocycles. The average Bonchev–Trinajstić information content (AvgIpc) is 3.20. The first-order valence-electron chi connectivity index (χ1n) is 9.45. The minimum Gasteiger partial charge on any atom is -0.346 e. The van der Waals surface area contributed by atoms with Crippen molar-refractivity contribution in [3.63, 3.8) is 0 Å². The average molecular weight is 414 g/mol. The molecule has 8 heteroatoms. The summed E-state index contributed by atoms with van der Waals surface area (Å²) in [5.41, 5.74) is 1.54. The molecule has 1 aliphatic rings. The van der Waals surface area contributed by atoms with E-state index in [1.54, 1.807) is 24.3 Å². The lowest BCUT2D eigenvalue weighted by Gasteiger charge is -2.31. The van der Waals surface area contributed by atoms with Gasteiger partial charge in [0, 0.05) is 36.7 Å². The molecule has 2 aromatic carbocycles. The SMILES string of the molecule is O=C(Nc1ccc(F)cc1)[C@H]1CCCN(c2nc(Cc3ccc(F)cc3)ns2)C1. The minimum absolute atomic E-state index is 0.0719. The van der Waals surface area contributed by atoms with E-state index in [4.69, 9.17) is 0 Å². The number of amides is 1. The van der Waals surface area contributed by atoms with Crippen molar-refractivity contribution in [1.82, 2.24) is 9.36 Å². The molecule has 0 unspecified atom stereocenters. The Morgan fingerprint density at radius 2 is 1.79 bits per heavy atom. The zero-order chi connectivity index (χ0) is 20.2. The molecule has 1 saturated heterocycles. The molecule has 0 radical (unpaired) electrons. The van der Waals surface area contributed by atoms with E-state index < -0.39 is 0 Å². The van der Waals surface area contributed by atoms with Crippen LogP contribution in [-0.2, 0) is 11.2 Å². The predicted octanol–water partition coefficient (Wildman–Crippen LogP) is 4.26. The van der Waals surface area contributed by atoms with Gasteiger partial charge in [-0.15, -0.1) is 0 Å². The van der Waals surface area contributed by atoms with E-state index in [2.05, 4.69) is 19.6 Å². The number of nitrogens with zero attached hydrogens (tertiary/aromatic N) is 3. The van der Waals surface area contributed by atoms with Crippen LogP contribution in [0, 0.1) is 17.6 Å². The van der Waals surface area contributed by atoms with E-state index in [1.165, 1.54) is 35.8 Å². The lowest BCUT2D eigenvalue weighted by molar-refractivity contribution is -0.120. The lowest BCUT2D eigenvalue weighted by atomic mass is 9.97. The lowest BCUT2D eigenvalue weighted by Crippen LogP contribution is -2.40. The number of hydrogen-bond acceptors (Lipinski definition) is 5. The number of anilines is 2. The first-order chi connectivity index (χ1) is 14.1. The van der Waals surface area contributed by atoms with Crippen LogP contribution in [0.15, 0.2) is 48.5 Å². The number of halogens is 2. The third-order valence-electron chi connectivity index (χ3n) is 4.91. The second-order valence-electron chi connectivity index (χ2n) is 7.08. The third-order valence-corrected chi connectivity index (χ3v) is 5.72. The van der Waals surface area contributed by atoms with Gasteiger partial charge >= 0.3 is 0 Å². The van der Waals surface area contributed by atoms with E-state index in [0.717, 1.165) is 30.1 Å². The number of aromatic nitrogens is 2.